The van der Waals surface area contributed by atoms with Crippen molar-refractivity contribution in [1.82, 2.24) is 4.72 Å². The molecule has 21 heavy (non-hydrogen) atoms. The Morgan fingerprint density at radius 3 is 2.76 bits per heavy atom. The van der Waals surface area contributed by atoms with E-state index in [1.807, 2.05) is 0 Å². The predicted molar refractivity (Wildman–Crippen MR) is 82.5 cm³/mol. The Morgan fingerprint density at radius 1 is 1.43 bits per heavy atom. The molecule has 0 aromatic heterocycles. The molecular formula is C14H18BrNO4S. The number of carbonyl (C=O) groups is 1. The zero-order valence-corrected chi connectivity index (χ0v) is 14.1. The van der Waals surface area contributed by atoms with Gasteiger partial charge in [0.05, 0.1) is 10.3 Å². The number of carboxylic acids is 1. The van der Waals surface area contributed by atoms with Crippen LogP contribution in [0.25, 0.3) is 0 Å². The van der Waals surface area contributed by atoms with Crippen LogP contribution in [-0.4, -0.2) is 25.5 Å². The second kappa shape index (κ2) is 6.06. The van der Waals surface area contributed by atoms with Gasteiger partial charge in [0.25, 0.3) is 0 Å². The second-order valence-electron chi connectivity index (χ2n) is 5.60. The predicted octanol–water partition coefficient (Wildman–Crippen LogP) is 2.76. The Kier molecular flexibility index (Phi) is 4.75. The van der Waals surface area contributed by atoms with Gasteiger partial charge in [0.15, 0.2) is 0 Å². The minimum Gasteiger partial charge on any atom is -0.481 e. The van der Waals surface area contributed by atoms with E-state index in [0.717, 1.165) is 12.8 Å². The lowest BCUT2D eigenvalue weighted by Crippen LogP contribution is -2.52. The smallest absolute Gasteiger partial charge is 0.310 e. The lowest BCUT2D eigenvalue weighted by Gasteiger charge is -2.38. The highest BCUT2D eigenvalue weighted by Crippen LogP contribution is 2.37. The molecule has 2 rings (SSSR count). The van der Waals surface area contributed by atoms with E-state index in [0.29, 0.717) is 17.3 Å². The van der Waals surface area contributed by atoms with Gasteiger partial charge in [0.2, 0.25) is 10.0 Å². The zero-order chi connectivity index (χ0) is 15.7. The number of hydrogen-bond donors (Lipinski definition) is 2. The van der Waals surface area contributed by atoms with E-state index in [4.69, 9.17) is 0 Å². The van der Waals surface area contributed by atoms with E-state index >= 15 is 0 Å². The molecule has 2 N–H and O–H groups in total. The fourth-order valence-corrected chi connectivity index (χ4v) is 4.65. The van der Waals surface area contributed by atoms with Gasteiger partial charge >= 0.3 is 5.97 Å². The maximum Gasteiger partial charge on any atom is 0.310 e. The van der Waals surface area contributed by atoms with Gasteiger partial charge in [-0.2, -0.15) is 0 Å². The summed E-state index contributed by atoms with van der Waals surface area (Å²) in [6.45, 7) is 1.61. The number of nitrogens with one attached hydrogen (secondary N) is 1. The van der Waals surface area contributed by atoms with Crippen LogP contribution in [0.4, 0.5) is 0 Å². The van der Waals surface area contributed by atoms with E-state index in [2.05, 4.69) is 20.7 Å². The summed E-state index contributed by atoms with van der Waals surface area (Å²) in [5.74, 6) is -0.954. The summed E-state index contributed by atoms with van der Waals surface area (Å²) in [5.41, 5.74) is -1.06. The average Bonchev–Trinajstić information content (AvgIpc) is 2.41. The first-order valence-corrected chi connectivity index (χ1v) is 9.04. The molecule has 0 saturated heterocycles. The first-order valence-electron chi connectivity index (χ1n) is 6.77. The fraction of sp³-hybridized carbons (Fsp3) is 0.500. The number of carboxylic acid groups (broad SMARTS) is 1. The molecule has 1 saturated carbocycles. The lowest BCUT2D eigenvalue weighted by molar-refractivity contribution is -0.151. The molecule has 0 bridgehead atoms. The molecule has 0 aliphatic heterocycles. The van der Waals surface area contributed by atoms with Crippen molar-refractivity contribution in [2.75, 3.05) is 0 Å². The number of rotatable bonds is 4. The van der Waals surface area contributed by atoms with Crippen molar-refractivity contribution in [3.8, 4) is 0 Å². The highest BCUT2D eigenvalue weighted by Gasteiger charge is 2.44. The highest BCUT2D eigenvalue weighted by atomic mass is 79.9. The summed E-state index contributed by atoms with van der Waals surface area (Å²) < 4.78 is 28.1. The van der Waals surface area contributed by atoms with Gasteiger partial charge in [-0.3, -0.25) is 4.79 Å². The lowest BCUT2D eigenvalue weighted by atomic mass is 9.72. The molecule has 7 heteroatoms. The molecule has 0 spiro atoms. The molecule has 2 unspecified atom stereocenters. The summed E-state index contributed by atoms with van der Waals surface area (Å²) in [4.78, 5) is 11.7. The van der Waals surface area contributed by atoms with Crippen LogP contribution in [0.15, 0.2) is 33.6 Å². The third-order valence-corrected chi connectivity index (χ3v) is 6.06. The average molecular weight is 376 g/mol. The third-order valence-electron chi connectivity index (χ3n) is 4.10. The normalized spacial score (nSPS) is 26.5. The van der Waals surface area contributed by atoms with E-state index in [1.165, 1.54) is 12.1 Å². The molecular weight excluding hydrogens is 358 g/mol. The van der Waals surface area contributed by atoms with E-state index in [1.54, 1.807) is 19.1 Å². The van der Waals surface area contributed by atoms with Crippen LogP contribution in [0.1, 0.15) is 32.6 Å². The molecule has 0 radical (unpaired) electrons. The van der Waals surface area contributed by atoms with Gasteiger partial charge in [-0.15, -0.1) is 0 Å². The Bertz CT molecular complexity index is 646. The van der Waals surface area contributed by atoms with Crippen LogP contribution in [-0.2, 0) is 14.8 Å². The van der Waals surface area contributed by atoms with Crippen molar-refractivity contribution in [3.63, 3.8) is 0 Å². The quantitative estimate of drug-likeness (QED) is 0.847. The Labute approximate surface area is 132 Å². The van der Waals surface area contributed by atoms with Gasteiger partial charge in [0, 0.05) is 10.5 Å². The molecule has 1 aromatic rings. The van der Waals surface area contributed by atoms with Crippen LogP contribution >= 0.6 is 15.9 Å². The molecule has 1 aromatic carbocycles. The Hall–Kier alpha value is -0.920. The Morgan fingerprint density at radius 2 is 2.14 bits per heavy atom. The topological polar surface area (TPSA) is 83.5 Å². The van der Waals surface area contributed by atoms with Crippen LogP contribution in [0.5, 0.6) is 0 Å². The maximum absolute atomic E-state index is 12.4. The van der Waals surface area contributed by atoms with Crippen molar-refractivity contribution in [1.29, 1.82) is 0 Å². The van der Waals surface area contributed by atoms with Crippen molar-refractivity contribution in [2.45, 2.75) is 43.5 Å². The van der Waals surface area contributed by atoms with Gasteiger partial charge < -0.3 is 5.11 Å². The van der Waals surface area contributed by atoms with Gasteiger partial charge in [-0.25, -0.2) is 13.1 Å². The number of hydrogen-bond acceptors (Lipinski definition) is 3. The minimum absolute atomic E-state index is 0.134. The summed E-state index contributed by atoms with van der Waals surface area (Å²) >= 11 is 3.24. The van der Waals surface area contributed by atoms with Crippen LogP contribution in [0, 0.1) is 5.41 Å². The molecule has 2 atom stereocenters. The fourth-order valence-electron chi connectivity index (χ4n) is 2.67. The number of halogens is 1. The van der Waals surface area contributed by atoms with Gasteiger partial charge in [0.1, 0.15) is 0 Å². The first-order chi connectivity index (χ1) is 9.75. The second-order valence-corrected chi connectivity index (χ2v) is 8.23. The maximum atomic E-state index is 12.4. The van der Waals surface area contributed by atoms with Crippen LogP contribution < -0.4 is 4.72 Å². The molecule has 1 fully saturated rings. The SMILES string of the molecule is CC1(C(=O)O)CCCCC1NS(=O)(=O)c1cccc(Br)c1. The third kappa shape index (κ3) is 3.46. The van der Waals surface area contributed by atoms with E-state index in [9.17, 15) is 18.3 Å². The van der Waals surface area contributed by atoms with Crippen molar-refractivity contribution in [2.24, 2.45) is 5.41 Å². The number of benzene rings is 1. The van der Waals surface area contributed by atoms with Crippen molar-refractivity contribution in [3.05, 3.63) is 28.7 Å². The number of aliphatic carboxylic acids is 1. The molecule has 0 amide bonds. The molecule has 116 valence electrons. The van der Waals surface area contributed by atoms with Gasteiger partial charge in [-0.05, 0) is 38.0 Å². The molecule has 1 aliphatic rings. The summed E-state index contributed by atoms with van der Waals surface area (Å²) in [7, 11) is -3.73. The molecule has 0 heterocycles. The monoisotopic (exact) mass is 375 g/mol. The van der Waals surface area contributed by atoms with Crippen molar-refractivity contribution < 1.29 is 18.3 Å². The van der Waals surface area contributed by atoms with Crippen LogP contribution in [0.3, 0.4) is 0 Å². The van der Waals surface area contributed by atoms with Crippen molar-refractivity contribution >= 4 is 31.9 Å². The van der Waals surface area contributed by atoms with Crippen LogP contribution in [0.2, 0.25) is 0 Å². The summed E-state index contributed by atoms with van der Waals surface area (Å²) in [5, 5.41) is 9.44. The summed E-state index contributed by atoms with van der Waals surface area (Å²) in [6.07, 6.45) is 2.65. The van der Waals surface area contributed by atoms with E-state index in [-0.39, 0.29) is 4.90 Å². The zero-order valence-electron chi connectivity index (χ0n) is 11.7. The number of sulfonamides is 1. The first kappa shape index (κ1) is 16.5. The van der Waals surface area contributed by atoms with Gasteiger partial charge in [-0.1, -0.05) is 34.8 Å². The molecule has 1 aliphatic carbocycles. The molecule has 5 nitrogen and oxygen atoms in total. The highest BCUT2D eigenvalue weighted by molar-refractivity contribution is 9.10. The largest absolute Gasteiger partial charge is 0.481 e. The minimum atomic E-state index is -3.73. The van der Waals surface area contributed by atoms with E-state index < -0.39 is 27.4 Å². The Balaban J connectivity index is 2.28. The standard InChI is InChI=1S/C14H18BrNO4S/c1-14(13(17)18)8-3-2-7-12(14)16-21(19,20)11-6-4-5-10(15)9-11/h4-6,9,12,16H,2-3,7-8H2,1H3,(H,17,18). The summed E-state index contributed by atoms with van der Waals surface area (Å²) in [6, 6.07) is 5.78.